The van der Waals surface area contributed by atoms with Gasteiger partial charge in [-0.15, -0.1) is 0 Å². The van der Waals surface area contributed by atoms with E-state index in [9.17, 15) is 0 Å². The van der Waals surface area contributed by atoms with Gasteiger partial charge in [0.15, 0.2) is 0 Å². The molecule has 0 fully saturated rings. The predicted molar refractivity (Wildman–Crippen MR) is 83.9 cm³/mol. The van der Waals surface area contributed by atoms with Crippen LogP contribution in [0.1, 0.15) is 46.6 Å². The molecule has 0 aliphatic rings. The molecule has 3 heteroatoms. The van der Waals surface area contributed by atoms with Crippen molar-refractivity contribution in [1.29, 1.82) is 0 Å². The summed E-state index contributed by atoms with van der Waals surface area (Å²) in [4.78, 5) is 0. The molecule has 3 nitrogen and oxygen atoms in total. The summed E-state index contributed by atoms with van der Waals surface area (Å²) in [5.41, 5.74) is 7.66. The first-order chi connectivity index (χ1) is 9.38. The van der Waals surface area contributed by atoms with Gasteiger partial charge in [-0.3, -0.25) is 4.68 Å². The molecule has 1 heterocycles. The molecule has 0 aliphatic heterocycles. The third-order valence-electron chi connectivity index (χ3n) is 3.89. The molecule has 20 heavy (non-hydrogen) atoms. The van der Waals surface area contributed by atoms with E-state index >= 15 is 0 Å². The SMILES string of the molecule is Cc1cc(C)cc(CNC(C)c2c(C)nn(C)c2C)c1. The molecule has 1 aromatic heterocycles. The van der Waals surface area contributed by atoms with Crippen LogP contribution in [0.15, 0.2) is 18.2 Å². The summed E-state index contributed by atoms with van der Waals surface area (Å²) in [6, 6.07) is 7.01. The Morgan fingerprint density at radius 1 is 1.10 bits per heavy atom. The normalized spacial score (nSPS) is 12.7. The molecule has 0 saturated heterocycles. The number of hydrogen-bond donors (Lipinski definition) is 1. The van der Waals surface area contributed by atoms with Crippen molar-refractivity contribution in [1.82, 2.24) is 15.1 Å². The van der Waals surface area contributed by atoms with Gasteiger partial charge in [-0.05, 0) is 40.2 Å². The Kier molecular flexibility index (Phi) is 4.29. The third kappa shape index (κ3) is 3.10. The summed E-state index contributed by atoms with van der Waals surface area (Å²) >= 11 is 0. The van der Waals surface area contributed by atoms with E-state index in [4.69, 9.17) is 0 Å². The van der Waals surface area contributed by atoms with E-state index in [-0.39, 0.29) is 0 Å². The second-order valence-electron chi connectivity index (χ2n) is 5.81. The minimum Gasteiger partial charge on any atom is -0.306 e. The molecule has 1 atom stereocenters. The monoisotopic (exact) mass is 271 g/mol. The fraction of sp³-hybridized carbons (Fsp3) is 0.471. The van der Waals surface area contributed by atoms with Crippen molar-refractivity contribution in [3.05, 3.63) is 51.8 Å². The van der Waals surface area contributed by atoms with Gasteiger partial charge in [0.25, 0.3) is 0 Å². The van der Waals surface area contributed by atoms with Crippen LogP contribution in [0.25, 0.3) is 0 Å². The van der Waals surface area contributed by atoms with E-state index in [0.717, 1.165) is 12.2 Å². The predicted octanol–water partition coefficient (Wildman–Crippen LogP) is 3.50. The topological polar surface area (TPSA) is 29.9 Å². The summed E-state index contributed by atoms with van der Waals surface area (Å²) < 4.78 is 1.96. The van der Waals surface area contributed by atoms with Gasteiger partial charge >= 0.3 is 0 Å². The third-order valence-corrected chi connectivity index (χ3v) is 3.89. The highest BCUT2D eigenvalue weighted by molar-refractivity contribution is 5.30. The van der Waals surface area contributed by atoms with Gasteiger partial charge in [0.1, 0.15) is 0 Å². The van der Waals surface area contributed by atoms with Gasteiger partial charge in [-0.2, -0.15) is 5.10 Å². The quantitative estimate of drug-likeness (QED) is 0.922. The molecular weight excluding hydrogens is 246 g/mol. The molecule has 1 aromatic carbocycles. The maximum Gasteiger partial charge on any atom is 0.0644 e. The van der Waals surface area contributed by atoms with E-state index in [2.05, 4.69) is 63.2 Å². The van der Waals surface area contributed by atoms with Crippen LogP contribution in [0.2, 0.25) is 0 Å². The van der Waals surface area contributed by atoms with Crippen LogP contribution in [-0.4, -0.2) is 9.78 Å². The lowest BCUT2D eigenvalue weighted by Crippen LogP contribution is -2.19. The zero-order chi connectivity index (χ0) is 14.9. The van der Waals surface area contributed by atoms with Gasteiger partial charge in [0, 0.05) is 30.9 Å². The van der Waals surface area contributed by atoms with Crippen molar-refractivity contribution >= 4 is 0 Å². The van der Waals surface area contributed by atoms with E-state index < -0.39 is 0 Å². The first kappa shape index (κ1) is 14.8. The number of benzene rings is 1. The molecule has 0 spiro atoms. The molecule has 0 aliphatic carbocycles. The van der Waals surface area contributed by atoms with E-state index in [1.165, 1.54) is 27.9 Å². The summed E-state index contributed by atoms with van der Waals surface area (Å²) in [5.74, 6) is 0. The summed E-state index contributed by atoms with van der Waals surface area (Å²) in [7, 11) is 2.00. The largest absolute Gasteiger partial charge is 0.306 e. The molecule has 2 rings (SSSR count). The molecule has 108 valence electrons. The Morgan fingerprint density at radius 2 is 1.70 bits per heavy atom. The zero-order valence-corrected chi connectivity index (χ0v) is 13.4. The van der Waals surface area contributed by atoms with Crippen LogP contribution in [0.4, 0.5) is 0 Å². The van der Waals surface area contributed by atoms with Gasteiger partial charge < -0.3 is 5.32 Å². The fourth-order valence-corrected chi connectivity index (χ4v) is 2.96. The average Bonchev–Trinajstić information content (AvgIpc) is 2.59. The van der Waals surface area contributed by atoms with Gasteiger partial charge in [0.2, 0.25) is 0 Å². The lowest BCUT2D eigenvalue weighted by atomic mass is 10.0. The lowest BCUT2D eigenvalue weighted by Gasteiger charge is -2.15. The fourth-order valence-electron chi connectivity index (χ4n) is 2.96. The van der Waals surface area contributed by atoms with Crippen molar-refractivity contribution in [3.63, 3.8) is 0 Å². The Labute approximate surface area is 122 Å². The number of nitrogens with zero attached hydrogens (tertiary/aromatic N) is 2. The highest BCUT2D eigenvalue weighted by Gasteiger charge is 2.15. The summed E-state index contributed by atoms with van der Waals surface area (Å²) in [6.07, 6.45) is 0. The van der Waals surface area contributed by atoms with Crippen LogP contribution >= 0.6 is 0 Å². The molecule has 0 amide bonds. The van der Waals surface area contributed by atoms with E-state index in [1.807, 2.05) is 11.7 Å². The smallest absolute Gasteiger partial charge is 0.0644 e. The first-order valence-electron chi connectivity index (χ1n) is 7.19. The van der Waals surface area contributed by atoms with Crippen molar-refractivity contribution in [2.24, 2.45) is 7.05 Å². The molecule has 1 unspecified atom stereocenters. The van der Waals surface area contributed by atoms with Crippen molar-refractivity contribution in [3.8, 4) is 0 Å². The van der Waals surface area contributed by atoms with Crippen LogP contribution < -0.4 is 5.32 Å². The molecule has 1 N–H and O–H groups in total. The maximum absolute atomic E-state index is 4.49. The minimum absolute atomic E-state index is 0.310. The first-order valence-corrected chi connectivity index (χ1v) is 7.19. The average molecular weight is 271 g/mol. The van der Waals surface area contributed by atoms with Crippen LogP contribution in [0.5, 0.6) is 0 Å². The molecule has 0 saturated carbocycles. The van der Waals surface area contributed by atoms with Crippen LogP contribution in [0, 0.1) is 27.7 Å². The highest BCUT2D eigenvalue weighted by atomic mass is 15.3. The summed E-state index contributed by atoms with van der Waals surface area (Å²) in [6.45, 7) is 11.6. The van der Waals surface area contributed by atoms with Crippen molar-refractivity contribution in [2.45, 2.75) is 47.2 Å². The highest BCUT2D eigenvalue weighted by Crippen LogP contribution is 2.21. The van der Waals surface area contributed by atoms with E-state index in [1.54, 1.807) is 0 Å². The second-order valence-corrected chi connectivity index (χ2v) is 5.81. The van der Waals surface area contributed by atoms with Gasteiger partial charge in [-0.1, -0.05) is 29.3 Å². The second kappa shape index (κ2) is 5.80. The number of aromatic nitrogens is 2. The molecule has 0 bridgehead atoms. The number of nitrogens with one attached hydrogen (secondary N) is 1. The van der Waals surface area contributed by atoms with Crippen LogP contribution in [-0.2, 0) is 13.6 Å². The zero-order valence-electron chi connectivity index (χ0n) is 13.4. The molecule has 2 aromatic rings. The van der Waals surface area contributed by atoms with E-state index in [0.29, 0.717) is 6.04 Å². The number of rotatable bonds is 4. The van der Waals surface area contributed by atoms with Crippen LogP contribution in [0.3, 0.4) is 0 Å². The standard InChI is InChI=1S/C17H25N3/c1-11-7-12(2)9-16(8-11)10-18-13(3)17-14(4)19-20(6)15(17)5/h7-9,13,18H,10H2,1-6H3. The number of aryl methyl sites for hydroxylation is 4. The molecular formula is C17H25N3. The Morgan fingerprint density at radius 3 is 2.20 bits per heavy atom. The van der Waals surface area contributed by atoms with Crippen molar-refractivity contribution < 1.29 is 0 Å². The summed E-state index contributed by atoms with van der Waals surface area (Å²) in [5, 5.41) is 8.10. The Hall–Kier alpha value is -1.61. The van der Waals surface area contributed by atoms with Gasteiger partial charge in [0.05, 0.1) is 5.69 Å². The molecule has 0 radical (unpaired) electrons. The Bertz CT molecular complexity index is 591. The number of hydrogen-bond acceptors (Lipinski definition) is 2. The Balaban J connectivity index is 2.10. The lowest BCUT2D eigenvalue weighted by molar-refractivity contribution is 0.568. The minimum atomic E-state index is 0.310. The van der Waals surface area contributed by atoms with Gasteiger partial charge in [-0.25, -0.2) is 0 Å². The van der Waals surface area contributed by atoms with Crippen molar-refractivity contribution in [2.75, 3.05) is 0 Å². The maximum atomic E-state index is 4.49.